The standard InChI is InChI=1S/C14H17N3O2S2/c1-2-19-14(18)12-16-11-5-3-4-6-17(13(11)21-12)8-10-7-15-9-20-10/h7,9H,2-6,8H2,1H3. The van der Waals surface area contributed by atoms with Gasteiger partial charge >= 0.3 is 5.97 Å². The first-order valence-electron chi connectivity index (χ1n) is 7.07. The molecule has 0 spiro atoms. The summed E-state index contributed by atoms with van der Waals surface area (Å²) in [4.78, 5) is 24.0. The molecule has 0 saturated heterocycles. The van der Waals surface area contributed by atoms with Crippen molar-refractivity contribution in [2.24, 2.45) is 0 Å². The Morgan fingerprint density at radius 1 is 1.48 bits per heavy atom. The number of ether oxygens (including phenoxy) is 1. The third kappa shape index (κ3) is 3.24. The van der Waals surface area contributed by atoms with Crippen molar-refractivity contribution in [2.45, 2.75) is 32.7 Å². The smallest absolute Gasteiger partial charge is 0.367 e. The normalized spacial score (nSPS) is 14.6. The van der Waals surface area contributed by atoms with E-state index < -0.39 is 0 Å². The van der Waals surface area contributed by atoms with Crippen molar-refractivity contribution in [2.75, 3.05) is 18.1 Å². The molecule has 112 valence electrons. The number of thiazole rings is 2. The van der Waals surface area contributed by atoms with Crippen LogP contribution in [-0.4, -0.2) is 29.1 Å². The highest BCUT2D eigenvalue weighted by Gasteiger charge is 2.24. The minimum Gasteiger partial charge on any atom is -0.461 e. The number of carbonyl (C=O) groups excluding carboxylic acids is 1. The molecule has 1 aliphatic heterocycles. The maximum atomic E-state index is 11.9. The minimum absolute atomic E-state index is 0.312. The van der Waals surface area contributed by atoms with Crippen LogP contribution in [0.4, 0.5) is 5.00 Å². The van der Waals surface area contributed by atoms with Crippen LogP contribution >= 0.6 is 22.7 Å². The molecule has 5 nitrogen and oxygen atoms in total. The lowest BCUT2D eigenvalue weighted by Gasteiger charge is -2.20. The lowest BCUT2D eigenvalue weighted by atomic mass is 10.2. The number of anilines is 1. The summed E-state index contributed by atoms with van der Waals surface area (Å²) in [5, 5.41) is 1.59. The topological polar surface area (TPSA) is 55.3 Å². The van der Waals surface area contributed by atoms with Gasteiger partial charge in [0.25, 0.3) is 0 Å². The number of hydrogen-bond acceptors (Lipinski definition) is 7. The molecule has 7 heteroatoms. The second-order valence-electron chi connectivity index (χ2n) is 4.84. The molecular formula is C14H17N3O2S2. The van der Waals surface area contributed by atoms with E-state index in [-0.39, 0.29) is 5.97 Å². The van der Waals surface area contributed by atoms with Gasteiger partial charge in [-0.3, -0.25) is 4.98 Å². The molecule has 2 aromatic rings. The molecule has 21 heavy (non-hydrogen) atoms. The van der Waals surface area contributed by atoms with Gasteiger partial charge in [0, 0.05) is 17.6 Å². The van der Waals surface area contributed by atoms with E-state index in [1.165, 1.54) is 16.2 Å². The van der Waals surface area contributed by atoms with Crippen LogP contribution in [0.3, 0.4) is 0 Å². The summed E-state index contributed by atoms with van der Waals surface area (Å²) >= 11 is 3.11. The van der Waals surface area contributed by atoms with Gasteiger partial charge in [-0.2, -0.15) is 0 Å². The maximum absolute atomic E-state index is 11.9. The van der Waals surface area contributed by atoms with Crippen LogP contribution in [-0.2, 0) is 17.7 Å². The fraction of sp³-hybridized carbons (Fsp3) is 0.500. The van der Waals surface area contributed by atoms with Crippen molar-refractivity contribution in [1.29, 1.82) is 0 Å². The van der Waals surface area contributed by atoms with Gasteiger partial charge in [0.2, 0.25) is 5.01 Å². The third-order valence-electron chi connectivity index (χ3n) is 3.34. The SMILES string of the molecule is CCOC(=O)c1nc2c(s1)N(Cc1cncs1)CCCC2. The number of fused-ring (bicyclic) bond motifs is 1. The number of nitrogens with zero attached hydrogens (tertiary/aromatic N) is 3. The highest BCUT2D eigenvalue weighted by atomic mass is 32.1. The molecule has 3 heterocycles. The molecule has 0 atom stereocenters. The van der Waals surface area contributed by atoms with Gasteiger partial charge in [-0.15, -0.1) is 11.3 Å². The fourth-order valence-corrected chi connectivity index (χ4v) is 4.03. The van der Waals surface area contributed by atoms with Crippen LogP contribution in [0.2, 0.25) is 0 Å². The van der Waals surface area contributed by atoms with Gasteiger partial charge in [0.1, 0.15) is 5.00 Å². The quantitative estimate of drug-likeness (QED) is 0.809. The van der Waals surface area contributed by atoms with Gasteiger partial charge in [-0.05, 0) is 26.2 Å². The molecule has 0 saturated carbocycles. The Labute approximate surface area is 131 Å². The molecule has 0 aromatic carbocycles. The number of aryl methyl sites for hydroxylation is 1. The van der Waals surface area contributed by atoms with Crippen LogP contribution in [0.5, 0.6) is 0 Å². The third-order valence-corrected chi connectivity index (χ3v) is 5.24. The summed E-state index contributed by atoms with van der Waals surface area (Å²) in [6.45, 7) is 4.03. The molecular weight excluding hydrogens is 306 g/mol. The van der Waals surface area contributed by atoms with Crippen molar-refractivity contribution in [3.8, 4) is 0 Å². The van der Waals surface area contributed by atoms with Crippen LogP contribution in [0.15, 0.2) is 11.7 Å². The summed E-state index contributed by atoms with van der Waals surface area (Å²) in [5.74, 6) is -0.312. The van der Waals surface area contributed by atoms with Crippen LogP contribution in [0, 0.1) is 0 Å². The Balaban J connectivity index is 1.86. The average molecular weight is 323 g/mol. The van der Waals surface area contributed by atoms with Crippen molar-refractivity contribution < 1.29 is 9.53 Å². The van der Waals surface area contributed by atoms with Crippen LogP contribution in [0.1, 0.15) is 40.1 Å². The molecule has 0 aliphatic carbocycles. The second kappa shape index (κ2) is 6.53. The molecule has 0 radical (unpaired) electrons. The Hall–Kier alpha value is -1.47. The number of carbonyl (C=O) groups is 1. The highest BCUT2D eigenvalue weighted by Crippen LogP contribution is 2.34. The number of aromatic nitrogens is 2. The van der Waals surface area contributed by atoms with E-state index in [1.54, 1.807) is 11.3 Å². The lowest BCUT2D eigenvalue weighted by molar-refractivity contribution is 0.0525. The largest absolute Gasteiger partial charge is 0.461 e. The molecule has 0 unspecified atom stereocenters. The number of esters is 1. The Kier molecular flexibility index (Phi) is 4.50. The fourth-order valence-electron chi connectivity index (χ4n) is 2.39. The molecule has 0 fully saturated rings. The molecule has 0 amide bonds. The van der Waals surface area contributed by atoms with Crippen molar-refractivity contribution >= 4 is 33.6 Å². The van der Waals surface area contributed by atoms with E-state index in [1.807, 2.05) is 18.6 Å². The van der Waals surface area contributed by atoms with Crippen LogP contribution < -0.4 is 4.90 Å². The second-order valence-corrected chi connectivity index (χ2v) is 6.79. The van der Waals surface area contributed by atoms with Gasteiger partial charge in [-0.25, -0.2) is 9.78 Å². The van der Waals surface area contributed by atoms with E-state index in [4.69, 9.17) is 4.74 Å². The average Bonchev–Trinajstić information content (AvgIpc) is 3.08. The Morgan fingerprint density at radius 2 is 2.38 bits per heavy atom. The summed E-state index contributed by atoms with van der Waals surface area (Å²) < 4.78 is 5.06. The summed E-state index contributed by atoms with van der Waals surface area (Å²) in [5.41, 5.74) is 2.88. The summed E-state index contributed by atoms with van der Waals surface area (Å²) in [6, 6.07) is 0. The van der Waals surface area contributed by atoms with E-state index in [0.717, 1.165) is 43.0 Å². The zero-order valence-electron chi connectivity index (χ0n) is 11.9. The monoisotopic (exact) mass is 323 g/mol. The van der Waals surface area contributed by atoms with E-state index in [2.05, 4.69) is 14.9 Å². The lowest BCUT2D eigenvalue weighted by Crippen LogP contribution is -2.21. The zero-order valence-corrected chi connectivity index (χ0v) is 13.5. The number of rotatable bonds is 4. The molecule has 0 bridgehead atoms. The van der Waals surface area contributed by atoms with Crippen molar-refractivity contribution in [3.63, 3.8) is 0 Å². The molecule has 3 rings (SSSR count). The zero-order chi connectivity index (χ0) is 14.7. The van der Waals surface area contributed by atoms with E-state index in [0.29, 0.717) is 11.6 Å². The van der Waals surface area contributed by atoms with Gasteiger partial charge in [0.15, 0.2) is 0 Å². The summed E-state index contributed by atoms with van der Waals surface area (Å²) in [6.07, 6.45) is 5.10. The first-order valence-corrected chi connectivity index (χ1v) is 8.76. The van der Waals surface area contributed by atoms with Crippen molar-refractivity contribution in [1.82, 2.24) is 9.97 Å². The Morgan fingerprint density at radius 3 is 3.14 bits per heavy atom. The Bertz CT molecular complexity index is 610. The number of hydrogen-bond donors (Lipinski definition) is 0. The van der Waals surface area contributed by atoms with Gasteiger partial charge in [0.05, 0.1) is 24.4 Å². The first-order chi connectivity index (χ1) is 10.3. The van der Waals surface area contributed by atoms with E-state index >= 15 is 0 Å². The van der Waals surface area contributed by atoms with E-state index in [9.17, 15) is 4.79 Å². The molecule has 2 aromatic heterocycles. The summed E-state index contributed by atoms with van der Waals surface area (Å²) in [7, 11) is 0. The minimum atomic E-state index is -0.312. The first kappa shape index (κ1) is 14.5. The molecule has 0 N–H and O–H groups in total. The predicted molar refractivity (Wildman–Crippen MR) is 84.2 cm³/mol. The highest BCUT2D eigenvalue weighted by molar-refractivity contribution is 7.17. The van der Waals surface area contributed by atoms with Gasteiger partial charge < -0.3 is 9.64 Å². The molecule has 1 aliphatic rings. The maximum Gasteiger partial charge on any atom is 0.367 e. The van der Waals surface area contributed by atoms with Gasteiger partial charge in [-0.1, -0.05) is 11.3 Å². The van der Waals surface area contributed by atoms with Crippen LogP contribution in [0.25, 0.3) is 0 Å². The predicted octanol–water partition coefficient (Wildman–Crippen LogP) is 3.12. The van der Waals surface area contributed by atoms with Crippen molar-refractivity contribution in [3.05, 3.63) is 27.3 Å².